The molecule has 0 aromatic rings. The van der Waals surface area contributed by atoms with Gasteiger partial charge < -0.3 is 61.9 Å². The van der Waals surface area contributed by atoms with E-state index in [0.717, 1.165) is 0 Å². The predicted octanol–water partition coefficient (Wildman–Crippen LogP) is -13.8. The summed E-state index contributed by atoms with van der Waals surface area (Å²) in [5, 5.41) is 16.6. The molecule has 0 amide bonds. The Morgan fingerprint density at radius 1 is 1.00 bits per heavy atom. The third kappa shape index (κ3) is 52.3. The molecule has 0 aromatic carbocycles. The summed E-state index contributed by atoms with van der Waals surface area (Å²) >= 11 is 0. The van der Waals surface area contributed by atoms with Crippen LogP contribution in [0.3, 0.4) is 0 Å². The second-order valence-electron chi connectivity index (χ2n) is 1.58. The number of phosphoric acid groups is 1. The van der Waals surface area contributed by atoms with Crippen LogP contribution in [0.4, 0.5) is 0 Å². The topological polar surface area (TPSA) is 302 Å². The normalized spacial score (nSPS) is 8.44. The maximum absolute atomic E-state index is 9.71. The molecule has 0 rings (SSSR count). The van der Waals surface area contributed by atoms with Gasteiger partial charge in [0.1, 0.15) is 6.10 Å². The van der Waals surface area contributed by atoms with E-state index in [1.54, 1.807) is 0 Å². The summed E-state index contributed by atoms with van der Waals surface area (Å²) < 4.78 is 13.3. The fourth-order valence-electron chi connectivity index (χ4n) is 0.230. The van der Waals surface area contributed by atoms with E-state index in [0.29, 0.717) is 0 Å². The molecule has 0 heterocycles. The van der Waals surface area contributed by atoms with Crippen molar-refractivity contribution in [2.45, 2.75) is 6.10 Å². The first-order chi connectivity index (χ1) is 4.45. The first-order valence-electron chi connectivity index (χ1n) is 2.41. The van der Waals surface area contributed by atoms with Crippen LogP contribution in [0.25, 0.3) is 0 Å². The molecule has 14 N–H and O–H groups in total. The molecule has 0 radical (unpaired) electrons. The number of aliphatic hydroxyl groups is 2. The number of aliphatic hydroxyl groups excluding tert-OH is 2. The minimum atomic E-state index is -5.00. The first kappa shape index (κ1) is 60.0. The second-order valence-corrected chi connectivity index (χ2v) is 2.73. The van der Waals surface area contributed by atoms with Crippen LogP contribution in [0.1, 0.15) is 0 Å². The molecule has 0 aromatic heterocycles. The predicted molar refractivity (Wildman–Crippen MR) is 48.3 cm³/mol. The molecule has 0 bridgehead atoms. The van der Waals surface area contributed by atoms with Gasteiger partial charge >= 0.3 is 59.1 Å². The first-order valence-corrected chi connectivity index (χ1v) is 3.87. The van der Waals surface area contributed by atoms with Crippen LogP contribution in [-0.2, 0) is 9.09 Å². The Labute approximate surface area is 147 Å². The van der Waals surface area contributed by atoms with E-state index in [4.69, 9.17) is 10.2 Å². The zero-order valence-electron chi connectivity index (χ0n) is 9.97. The maximum Gasteiger partial charge on any atom is 1.00 e. The molecule has 0 aliphatic heterocycles. The Bertz CT molecular complexity index is 141. The summed E-state index contributed by atoms with van der Waals surface area (Å²) in [7, 11) is -5.00. The SMILES string of the molecule is O.O.O.O.O.O.O=P([O-])([O-])OCC(O)CO.[Na+].[Na+]. The summed E-state index contributed by atoms with van der Waals surface area (Å²) in [4.78, 5) is 19.4. The van der Waals surface area contributed by atoms with Gasteiger partial charge in [-0.2, -0.15) is 0 Å². The summed E-state index contributed by atoms with van der Waals surface area (Å²) in [6, 6.07) is 0. The molecule has 110 valence electrons. The third-order valence-electron chi connectivity index (χ3n) is 0.636. The van der Waals surface area contributed by atoms with Crippen LogP contribution in [0.2, 0.25) is 0 Å². The Hall–Kier alpha value is 1.79. The van der Waals surface area contributed by atoms with E-state index in [1.165, 1.54) is 0 Å². The van der Waals surface area contributed by atoms with E-state index in [-0.39, 0.29) is 92.0 Å². The fraction of sp³-hybridized carbons (Fsp3) is 1.00. The Morgan fingerprint density at radius 3 is 1.44 bits per heavy atom. The Kier molecular flexibility index (Phi) is 104. The van der Waals surface area contributed by atoms with Crippen LogP contribution in [0, 0.1) is 0 Å². The zero-order chi connectivity index (χ0) is 8.20. The molecule has 0 saturated heterocycles. The number of rotatable bonds is 4. The van der Waals surface area contributed by atoms with Gasteiger partial charge in [0.15, 0.2) is 0 Å². The van der Waals surface area contributed by atoms with Gasteiger partial charge in [0.2, 0.25) is 0 Å². The largest absolute Gasteiger partial charge is 1.00 e. The molecular formula is C3H19Na2O12P. The number of hydrogen-bond donors (Lipinski definition) is 2. The molecule has 1 atom stereocenters. The van der Waals surface area contributed by atoms with E-state index < -0.39 is 27.1 Å². The van der Waals surface area contributed by atoms with E-state index in [9.17, 15) is 14.4 Å². The van der Waals surface area contributed by atoms with Crippen LogP contribution >= 0.6 is 7.82 Å². The number of phosphoric ester groups is 1. The van der Waals surface area contributed by atoms with Gasteiger partial charge in [-0.05, 0) is 0 Å². The molecule has 1 unspecified atom stereocenters. The zero-order valence-corrected chi connectivity index (χ0v) is 14.9. The molecule has 0 spiro atoms. The van der Waals surface area contributed by atoms with E-state index >= 15 is 0 Å². The average Bonchev–Trinajstić information content (AvgIpc) is 1.81. The van der Waals surface area contributed by atoms with Crippen molar-refractivity contribution in [1.29, 1.82) is 0 Å². The molecule has 0 fully saturated rings. The summed E-state index contributed by atoms with van der Waals surface area (Å²) in [5.41, 5.74) is 0. The molecule has 15 heteroatoms. The van der Waals surface area contributed by atoms with Crippen LogP contribution in [0.5, 0.6) is 0 Å². The second kappa shape index (κ2) is 31.3. The van der Waals surface area contributed by atoms with Crippen molar-refractivity contribution < 1.29 is 121 Å². The van der Waals surface area contributed by atoms with Crippen molar-refractivity contribution in [1.82, 2.24) is 0 Å². The monoisotopic (exact) mass is 324 g/mol. The van der Waals surface area contributed by atoms with Gasteiger partial charge in [-0.15, -0.1) is 0 Å². The van der Waals surface area contributed by atoms with Crippen LogP contribution in [0.15, 0.2) is 0 Å². The van der Waals surface area contributed by atoms with Crippen molar-refractivity contribution in [3.63, 3.8) is 0 Å². The molecule has 18 heavy (non-hydrogen) atoms. The molecule has 12 nitrogen and oxygen atoms in total. The van der Waals surface area contributed by atoms with E-state index in [2.05, 4.69) is 4.52 Å². The van der Waals surface area contributed by atoms with Crippen molar-refractivity contribution >= 4 is 7.82 Å². The number of hydrogen-bond acceptors (Lipinski definition) is 6. The maximum atomic E-state index is 9.71. The smallest absolute Gasteiger partial charge is 0.790 e. The van der Waals surface area contributed by atoms with Gasteiger partial charge in [-0.1, -0.05) is 0 Å². The molecule has 0 saturated carbocycles. The van der Waals surface area contributed by atoms with Crippen LogP contribution < -0.4 is 68.9 Å². The van der Waals surface area contributed by atoms with Crippen molar-refractivity contribution in [2.24, 2.45) is 0 Å². The fourth-order valence-corrected chi connectivity index (χ4v) is 0.585. The van der Waals surface area contributed by atoms with Gasteiger partial charge in [0.05, 0.1) is 21.0 Å². The van der Waals surface area contributed by atoms with Gasteiger partial charge in [0.25, 0.3) is 0 Å². The minimum Gasteiger partial charge on any atom is -0.790 e. The van der Waals surface area contributed by atoms with Crippen molar-refractivity contribution in [2.75, 3.05) is 13.2 Å². The summed E-state index contributed by atoms with van der Waals surface area (Å²) in [5.74, 6) is 0. The third-order valence-corrected chi connectivity index (χ3v) is 1.10. The van der Waals surface area contributed by atoms with Gasteiger partial charge in [-0.25, -0.2) is 0 Å². The molecule has 0 aliphatic carbocycles. The average molecular weight is 324 g/mol. The van der Waals surface area contributed by atoms with Crippen molar-refractivity contribution in [3.05, 3.63) is 0 Å². The minimum absolute atomic E-state index is 0. The van der Waals surface area contributed by atoms with Gasteiger partial charge in [-0.3, -0.25) is 0 Å². The summed E-state index contributed by atoms with van der Waals surface area (Å²) in [6.07, 6.45) is -1.32. The van der Waals surface area contributed by atoms with E-state index in [1.807, 2.05) is 0 Å². The standard InChI is InChI=1S/C3H9O6P.2Na.6H2O/c4-1-3(5)2-9-10(6,7)8;;;;;;;;/h3-5H,1-2H2,(H2,6,7,8);;;6*1H2/q;2*+1;;;;;;/p-2. The molecular weight excluding hydrogens is 305 g/mol. The quantitative estimate of drug-likeness (QED) is 0.373. The Morgan fingerprint density at radius 2 is 1.28 bits per heavy atom. The Balaban J connectivity index is -0.0000000145. The van der Waals surface area contributed by atoms with Crippen molar-refractivity contribution in [3.8, 4) is 0 Å². The summed E-state index contributed by atoms with van der Waals surface area (Å²) in [6.45, 7) is -1.33. The molecule has 0 aliphatic rings. The van der Waals surface area contributed by atoms with Crippen LogP contribution in [-0.4, -0.2) is 62.4 Å². The van der Waals surface area contributed by atoms with Gasteiger partial charge in [0, 0.05) is 0 Å².